The van der Waals surface area contributed by atoms with Crippen LogP contribution in [0.3, 0.4) is 0 Å². The number of amides is 2. The van der Waals surface area contributed by atoms with E-state index in [9.17, 15) is 18.4 Å². The summed E-state index contributed by atoms with van der Waals surface area (Å²) in [6.45, 7) is 0. The summed E-state index contributed by atoms with van der Waals surface area (Å²) in [6, 6.07) is 18.0. The minimum atomic E-state index is -0.659. The number of carbonyl (C=O) groups excluding carboxylic acids is 2. The summed E-state index contributed by atoms with van der Waals surface area (Å²) in [6.07, 6.45) is 0. The molecule has 0 aromatic heterocycles. The molecule has 1 aliphatic rings. The van der Waals surface area contributed by atoms with Crippen LogP contribution in [0.25, 0.3) is 5.57 Å². The van der Waals surface area contributed by atoms with Crippen molar-refractivity contribution in [3.63, 3.8) is 0 Å². The normalized spacial score (nSPS) is 13.9. The van der Waals surface area contributed by atoms with Gasteiger partial charge < -0.3 is 4.90 Å². The molecule has 3 aromatic carbocycles. The second-order valence-corrected chi connectivity index (χ2v) is 7.08. The van der Waals surface area contributed by atoms with Gasteiger partial charge >= 0.3 is 0 Å². The summed E-state index contributed by atoms with van der Waals surface area (Å²) in [5, 5.41) is -0.207. The Bertz CT molecular complexity index is 1180. The topological polar surface area (TPSA) is 40.6 Å². The van der Waals surface area contributed by atoms with Crippen LogP contribution < -0.4 is 9.80 Å². The van der Waals surface area contributed by atoms with Gasteiger partial charge in [-0.25, -0.2) is 13.7 Å². The van der Waals surface area contributed by atoms with Gasteiger partial charge in [0, 0.05) is 12.7 Å². The van der Waals surface area contributed by atoms with Crippen molar-refractivity contribution in [1.82, 2.24) is 0 Å². The highest BCUT2D eigenvalue weighted by Crippen LogP contribution is 2.37. The molecule has 0 fully saturated rings. The lowest BCUT2D eigenvalue weighted by Crippen LogP contribution is -2.34. The lowest BCUT2D eigenvalue weighted by atomic mass is 10.0. The van der Waals surface area contributed by atoms with Gasteiger partial charge in [0.05, 0.1) is 16.3 Å². The summed E-state index contributed by atoms with van der Waals surface area (Å²) < 4.78 is 27.1. The number of carbonyl (C=O) groups is 2. The third kappa shape index (κ3) is 3.35. The first-order chi connectivity index (χ1) is 14.4. The van der Waals surface area contributed by atoms with E-state index in [1.807, 2.05) is 18.2 Å². The standard InChI is InChI=1S/C23H15ClF2N2O2/c1-27(16-5-3-2-4-6-16)21-20(14-7-9-15(25)10-8-14)22(29)28(23(21)30)17-11-12-19(26)18(24)13-17/h2-13H,1H3. The number of anilines is 2. The number of hydrogen-bond acceptors (Lipinski definition) is 3. The first-order valence-corrected chi connectivity index (χ1v) is 9.39. The van der Waals surface area contributed by atoms with Gasteiger partial charge in [-0.15, -0.1) is 0 Å². The Labute approximate surface area is 176 Å². The first-order valence-electron chi connectivity index (χ1n) is 9.01. The van der Waals surface area contributed by atoms with E-state index in [-0.39, 0.29) is 22.0 Å². The fourth-order valence-electron chi connectivity index (χ4n) is 3.35. The van der Waals surface area contributed by atoms with Gasteiger partial charge in [0.25, 0.3) is 11.8 Å². The predicted octanol–water partition coefficient (Wildman–Crippen LogP) is 5.04. The van der Waals surface area contributed by atoms with Crippen molar-refractivity contribution in [2.24, 2.45) is 0 Å². The molecule has 0 aliphatic carbocycles. The van der Waals surface area contributed by atoms with Crippen LogP contribution in [0, 0.1) is 11.6 Å². The number of para-hydroxylation sites is 1. The number of likely N-dealkylation sites (N-methyl/N-ethyl adjacent to an activating group) is 1. The van der Waals surface area contributed by atoms with Crippen molar-refractivity contribution in [3.05, 3.63) is 101 Å². The van der Waals surface area contributed by atoms with Gasteiger partial charge in [-0.05, 0) is 48.0 Å². The molecule has 0 atom stereocenters. The predicted molar refractivity (Wildman–Crippen MR) is 112 cm³/mol. The smallest absolute Gasteiger partial charge is 0.282 e. The third-order valence-corrected chi connectivity index (χ3v) is 5.12. The first kappa shape index (κ1) is 19.8. The van der Waals surface area contributed by atoms with Gasteiger partial charge in [-0.1, -0.05) is 41.9 Å². The summed E-state index contributed by atoms with van der Waals surface area (Å²) in [7, 11) is 1.67. The van der Waals surface area contributed by atoms with Crippen LogP contribution in [0.1, 0.15) is 5.56 Å². The molecule has 30 heavy (non-hydrogen) atoms. The molecule has 1 aliphatic heterocycles. The Morgan fingerprint density at radius 3 is 2.17 bits per heavy atom. The van der Waals surface area contributed by atoms with Crippen molar-refractivity contribution in [1.29, 1.82) is 0 Å². The molecule has 2 amide bonds. The quantitative estimate of drug-likeness (QED) is 0.551. The maximum absolute atomic E-state index is 13.6. The molecule has 0 bridgehead atoms. The molecular weight excluding hydrogens is 410 g/mol. The zero-order valence-electron chi connectivity index (χ0n) is 15.8. The lowest BCUT2D eigenvalue weighted by Gasteiger charge is -2.21. The van der Waals surface area contributed by atoms with Crippen molar-refractivity contribution in [2.45, 2.75) is 0 Å². The van der Waals surface area contributed by atoms with Crippen LogP contribution in [-0.4, -0.2) is 18.9 Å². The van der Waals surface area contributed by atoms with Gasteiger partial charge in [-0.3, -0.25) is 9.59 Å². The molecule has 4 rings (SSSR count). The number of benzene rings is 3. The fourth-order valence-corrected chi connectivity index (χ4v) is 3.52. The van der Waals surface area contributed by atoms with Gasteiger partial charge in [0.1, 0.15) is 17.3 Å². The van der Waals surface area contributed by atoms with Gasteiger partial charge in [-0.2, -0.15) is 0 Å². The molecule has 0 saturated carbocycles. The minimum absolute atomic E-state index is 0.117. The monoisotopic (exact) mass is 424 g/mol. The number of imide groups is 1. The van der Waals surface area contributed by atoms with Gasteiger partial charge in [0.15, 0.2) is 0 Å². The number of nitrogens with zero attached hydrogens (tertiary/aromatic N) is 2. The van der Waals surface area contributed by atoms with Crippen LogP contribution in [0.4, 0.5) is 20.2 Å². The van der Waals surface area contributed by atoms with E-state index in [0.717, 1.165) is 11.0 Å². The Kier molecular flexibility index (Phi) is 5.10. The Balaban J connectivity index is 1.88. The van der Waals surface area contributed by atoms with Crippen LogP contribution >= 0.6 is 11.6 Å². The van der Waals surface area contributed by atoms with Gasteiger partial charge in [0.2, 0.25) is 0 Å². The average Bonchev–Trinajstić information content (AvgIpc) is 3.01. The van der Waals surface area contributed by atoms with Crippen LogP contribution in [-0.2, 0) is 9.59 Å². The molecular formula is C23H15ClF2N2O2. The average molecular weight is 425 g/mol. The summed E-state index contributed by atoms with van der Waals surface area (Å²) in [5.74, 6) is -2.32. The zero-order valence-corrected chi connectivity index (χ0v) is 16.5. The number of rotatable bonds is 4. The number of hydrogen-bond donors (Lipinski definition) is 0. The zero-order chi connectivity index (χ0) is 21.4. The maximum Gasteiger partial charge on any atom is 0.282 e. The van der Waals surface area contributed by atoms with E-state index >= 15 is 0 Å². The Hall–Kier alpha value is -3.51. The van der Waals surface area contributed by atoms with E-state index in [0.29, 0.717) is 11.3 Å². The molecule has 150 valence electrons. The molecule has 7 heteroatoms. The molecule has 3 aromatic rings. The van der Waals surface area contributed by atoms with Crippen molar-refractivity contribution in [2.75, 3.05) is 16.8 Å². The summed E-state index contributed by atoms with van der Waals surface area (Å²) in [5.41, 5.74) is 1.47. The van der Waals surface area contributed by atoms with Crippen molar-refractivity contribution < 1.29 is 18.4 Å². The van der Waals surface area contributed by atoms with E-state index in [2.05, 4.69) is 0 Å². The molecule has 0 radical (unpaired) electrons. The SMILES string of the molecule is CN(C1=C(c2ccc(F)cc2)C(=O)N(c2ccc(F)c(Cl)c2)C1=O)c1ccccc1. The minimum Gasteiger partial charge on any atom is -0.339 e. The second-order valence-electron chi connectivity index (χ2n) is 6.67. The van der Waals surface area contributed by atoms with Crippen molar-refractivity contribution >= 4 is 40.4 Å². The maximum atomic E-state index is 13.6. The Morgan fingerprint density at radius 2 is 1.53 bits per heavy atom. The van der Waals surface area contributed by atoms with E-state index in [1.54, 1.807) is 24.1 Å². The Morgan fingerprint density at radius 1 is 0.867 bits per heavy atom. The molecule has 4 nitrogen and oxygen atoms in total. The fraction of sp³-hybridized carbons (Fsp3) is 0.0435. The second kappa shape index (κ2) is 7.72. The largest absolute Gasteiger partial charge is 0.339 e. The molecule has 0 spiro atoms. The highest BCUT2D eigenvalue weighted by Gasteiger charge is 2.42. The van der Waals surface area contributed by atoms with Crippen molar-refractivity contribution in [3.8, 4) is 0 Å². The van der Waals surface area contributed by atoms with Crippen LogP contribution in [0.5, 0.6) is 0 Å². The highest BCUT2D eigenvalue weighted by molar-refractivity contribution is 6.46. The molecule has 0 N–H and O–H groups in total. The number of halogens is 3. The third-order valence-electron chi connectivity index (χ3n) is 4.83. The van der Waals surface area contributed by atoms with Crippen LogP contribution in [0.2, 0.25) is 5.02 Å². The van der Waals surface area contributed by atoms with E-state index in [1.165, 1.54) is 36.4 Å². The summed E-state index contributed by atoms with van der Waals surface area (Å²) >= 11 is 5.86. The lowest BCUT2D eigenvalue weighted by molar-refractivity contribution is -0.120. The molecule has 0 unspecified atom stereocenters. The molecule has 0 saturated heterocycles. The van der Waals surface area contributed by atoms with E-state index < -0.39 is 23.4 Å². The highest BCUT2D eigenvalue weighted by atomic mass is 35.5. The van der Waals surface area contributed by atoms with Crippen LogP contribution in [0.15, 0.2) is 78.5 Å². The van der Waals surface area contributed by atoms with E-state index in [4.69, 9.17) is 11.6 Å². The molecule has 1 heterocycles. The summed E-state index contributed by atoms with van der Waals surface area (Å²) in [4.78, 5) is 29.3.